The van der Waals surface area contributed by atoms with Crippen molar-refractivity contribution >= 4 is 0 Å². The lowest BCUT2D eigenvalue weighted by Crippen LogP contribution is -2.46. The first-order valence-corrected chi connectivity index (χ1v) is 12.8. The number of rotatable bonds is 4. The van der Waals surface area contributed by atoms with E-state index in [0.29, 0.717) is 10.8 Å². The Morgan fingerprint density at radius 3 is 2.55 bits per heavy atom. The van der Waals surface area contributed by atoms with Crippen molar-refractivity contribution in [1.82, 2.24) is 0 Å². The summed E-state index contributed by atoms with van der Waals surface area (Å²) in [5, 5.41) is 10.2. The Bertz CT molecular complexity index is 716. The van der Waals surface area contributed by atoms with Crippen molar-refractivity contribution in [2.45, 2.75) is 98.5 Å². The molecular weight excluding hydrogens is 352 g/mol. The highest BCUT2D eigenvalue weighted by Gasteiger charge is 2.58. The summed E-state index contributed by atoms with van der Waals surface area (Å²) in [6.07, 6.45) is 16.6. The molecule has 4 saturated carbocycles. The predicted octanol–water partition coefficient (Wildman–Crippen LogP) is 7.16. The van der Waals surface area contributed by atoms with Crippen molar-refractivity contribution in [2.24, 2.45) is 52.3 Å². The first-order chi connectivity index (χ1) is 13.7. The van der Waals surface area contributed by atoms with E-state index in [1.165, 1.54) is 44.9 Å². The fourth-order valence-electron chi connectivity index (χ4n) is 8.98. The Morgan fingerprint density at radius 1 is 1.00 bits per heavy atom. The van der Waals surface area contributed by atoms with Gasteiger partial charge < -0.3 is 5.11 Å². The minimum absolute atomic E-state index is 0.104. The van der Waals surface area contributed by atoms with Crippen LogP contribution in [0.3, 0.4) is 0 Å². The van der Waals surface area contributed by atoms with Gasteiger partial charge in [0.1, 0.15) is 0 Å². The molecular formula is C28H44O. The molecule has 5 unspecified atom stereocenters. The van der Waals surface area contributed by atoms with Crippen LogP contribution in [0.1, 0.15) is 92.4 Å². The largest absolute Gasteiger partial charge is 0.393 e. The standard InChI is InChI=1S/C28H44O/c1-17(2)14-19-15-23(19)18(3)24-8-9-25-22-7-6-20-16-21(29)10-12-27(20,4)26(22)11-13-28(24,25)5/h6-7,17-19,21,23-26,29H,8-16H2,1-5H3/t18-,19-,21+,23+,24?,25?,26?,27?,28?/m1/s1. The van der Waals surface area contributed by atoms with Gasteiger partial charge in [-0.05, 0) is 110 Å². The van der Waals surface area contributed by atoms with Gasteiger partial charge in [-0.25, -0.2) is 0 Å². The molecule has 0 radical (unpaired) electrons. The lowest BCUT2D eigenvalue weighted by molar-refractivity contribution is 0.0300. The van der Waals surface area contributed by atoms with Gasteiger partial charge in [-0.3, -0.25) is 0 Å². The van der Waals surface area contributed by atoms with Gasteiger partial charge >= 0.3 is 0 Å². The Labute approximate surface area is 179 Å². The highest BCUT2D eigenvalue weighted by atomic mass is 16.3. The minimum Gasteiger partial charge on any atom is -0.393 e. The van der Waals surface area contributed by atoms with Gasteiger partial charge in [-0.2, -0.15) is 0 Å². The van der Waals surface area contributed by atoms with Crippen molar-refractivity contribution in [1.29, 1.82) is 0 Å². The first-order valence-electron chi connectivity index (χ1n) is 12.8. The topological polar surface area (TPSA) is 20.2 Å². The van der Waals surface area contributed by atoms with E-state index in [1.54, 1.807) is 5.57 Å². The number of hydrogen-bond donors (Lipinski definition) is 1. The normalized spacial score (nSPS) is 49.6. The molecule has 5 rings (SSSR count). The maximum absolute atomic E-state index is 10.2. The minimum atomic E-state index is -0.104. The van der Waals surface area contributed by atoms with Gasteiger partial charge in [0.05, 0.1) is 6.10 Å². The molecule has 1 N–H and O–H groups in total. The van der Waals surface area contributed by atoms with E-state index in [0.717, 1.165) is 54.3 Å². The van der Waals surface area contributed by atoms with Gasteiger partial charge in [0.15, 0.2) is 0 Å². The number of hydrogen-bond acceptors (Lipinski definition) is 1. The Morgan fingerprint density at radius 2 is 1.79 bits per heavy atom. The van der Waals surface area contributed by atoms with Crippen LogP contribution in [0.4, 0.5) is 0 Å². The van der Waals surface area contributed by atoms with E-state index in [9.17, 15) is 5.11 Å². The van der Waals surface area contributed by atoms with Gasteiger partial charge in [-0.15, -0.1) is 0 Å². The molecule has 0 amide bonds. The molecule has 0 bridgehead atoms. The quantitative estimate of drug-likeness (QED) is 0.534. The van der Waals surface area contributed by atoms with Crippen molar-refractivity contribution in [3.8, 4) is 0 Å². The van der Waals surface area contributed by atoms with Crippen molar-refractivity contribution in [3.63, 3.8) is 0 Å². The smallest absolute Gasteiger partial charge is 0.0578 e. The van der Waals surface area contributed by atoms with Gasteiger partial charge in [0, 0.05) is 0 Å². The summed E-state index contributed by atoms with van der Waals surface area (Å²) in [4.78, 5) is 0. The summed E-state index contributed by atoms with van der Waals surface area (Å²) in [6.45, 7) is 12.6. The molecule has 1 nitrogen and oxygen atoms in total. The first kappa shape index (κ1) is 20.3. The molecule has 5 aliphatic carbocycles. The third kappa shape index (κ3) is 3.12. The molecule has 4 fully saturated rings. The van der Waals surface area contributed by atoms with Crippen LogP contribution in [-0.4, -0.2) is 11.2 Å². The van der Waals surface area contributed by atoms with Crippen molar-refractivity contribution in [2.75, 3.05) is 0 Å². The van der Waals surface area contributed by atoms with Crippen LogP contribution >= 0.6 is 0 Å². The summed E-state index contributed by atoms with van der Waals surface area (Å²) in [5.41, 5.74) is 4.21. The monoisotopic (exact) mass is 396 g/mol. The summed E-state index contributed by atoms with van der Waals surface area (Å²) in [6, 6.07) is 0. The summed E-state index contributed by atoms with van der Waals surface area (Å²) >= 11 is 0. The molecule has 0 spiro atoms. The molecule has 0 aliphatic heterocycles. The SMILES string of the molecule is CC(C)C[C@@H]1C[C@H]1[C@@H](C)C1CCC2C3=CC=C4C[C@@H](O)CCC4(C)C3CCC21C. The Balaban J connectivity index is 1.37. The molecule has 9 atom stereocenters. The molecule has 0 aromatic heterocycles. The van der Waals surface area contributed by atoms with Crippen molar-refractivity contribution in [3.05, 3.63) is 23.3 Å². The lowest BCUT2D eigenvalue weighted by atomic mass is 9.50. The highest BCUT2D eigenvalue weighted by molar-refractivity contribution is 5.38. The molecule has 1 heteroatoms. The highest BCUT2D eigenvalue weighted by Crippen LogP contribution is 2.67. The van der Waals surface area contributed by atoms with Crippen LogP contribution < -0.4 is 0 Å². The van der Waals surface area contributed by atoms with E-state index < -0.39 is 0 Å². The average Bonchev–Trinajstić information content (AvgIpc) is 3.32. The second-order valence-electron chi connectivity index (χ2n) is 12.7. The maximum Gasteiger partial charge on any atom is 0.0578 e. The third-order valence-corrected chi connectivity index (χ3v) is 10.7. The van der Waals surface area contributed by atoms with Gasteiger partial charge in [-0.1, -0.05) is 57.9 Å². The summed E-state index contributed by atoms with van der Waals surface area (Å²) in [5.74, 6) is 6.32. The Kier molecular flexibility index (Phi) is 4.89. The van der Waals surface area contributed by atoms with Crippen LogP contribution in [0.15, 0.2) is 23.3 Å². The Hall–Kier alpha value is -0.560. The zero-order valence-electron chi connectivity index (χ0n) is 19.6. The van der Waals surface area contributed by atoms with E-state index in [1.807, 2.05) is 5.57 Å². The molecule has 0 saturated heterocycles. The van der Waals surface area contributed by atoms with Crippen LogP contribution in [0, 0.1) is 52.3 Å². The number of fused-ring (bicyclic) bond motifs is 5. The maximum atomic E-state index is 10.2. The second kappa shape index (κ2) is 6.98. The van der Waals surface area contributed by atoms with Gasteiger partial charge in [0.25, 0.3) is 0 Å². The molecule has 5 aliphatic rings. The molecule has 0 heterocycles. The number of aliphatic hydroxyl groups excluding tert-OH is 1. The number of allylic oxidation sites excluding steroid dienone is 3. The van der Waals surface area contributed by atoms with E-state index in [4.69, 9.17) is 0 Å². The zero-order chi connectivity index (χ0) is 20.6. The van der Waals surface area contributed by atoms with E-state index >= 15 is 0 Å². The third-order valence-electron chi connectivity index (χ3n) is 10.7. The van der Waals surface area contributed by atoms with Crippen LogP contribution in [0.2, 0.25) is 0 Å². The summed E-state index contributed by atoms with van der Waals surface area (Å²) < 4.78 is 0. The van der Waals surface area contributed by atoms with Crippen molar-refractivity contribution < 1.29 is 5.11 Å². The fraction of sp³-hybridized carbons (Fsp3) is 0.857. The average molecular weight is 397 g/mol. The van der Waals surface area contributed by atoms with Gasteiger partial charge in [0.2, 0.25) is 0 Å². The second-order valence-corrected chi connectivity index (χ2v) is 12.7. The van der Waals surface area contributed by atoms with Crippen LogP contribution in [0.25, 0.3) is 0 Å². The molecule has 162 valence electrons. The summed E-state index contributed by atoms with van der Waals surface area (Å²) in [7, 11) is 0. The fourth-order valence-corrected chi connectivity index (χ4v) is 8.98. The molecule has 0 aromatic carbocycles. The van der Waals surface area contributed by atoms with Crippen LogP contribution in [-0.2, 0) is 0 Å². The molecule has 0 aromatic rings. The van der Waals surface area contributed by atoms with E-state index in [-0.39, 0.29) is 6.10 Å². The molecule has 29 heavy (non-hydrogen) atoms. The zero-order valence-corrected chi connectivity index (χ0v) is 19.6. The number of aliphatic hydroxyl groups is 1. The van der Waals surface area contributed by atoms with E-state index in [2.05, 4.69) is 46.8 Å². The lowest BCUT2D eigenvalue weighted by Gasteiger charge is -2.55. The van der Waals surface area contributed by atoms with Crippen LogP contribution in [0.5, 0.6) is 0 Å². The predicted molar refractivity (Wildman–Crippen MR) is 121 cm³/mol.